The van der Waals surface area contributed by atoms with Crippen molar-refractivity contribution in [3.63, 3.8) is 0 Å². The molecular weight excluding hydrogens is 334 g/mol. The minimum atomic E-state index is -0.649. The molecule has 3 rings (SSSR count). The number of fused-ring (bicyclic) bond motifs is 1. The van der Waals surface area contributed by atoms with Crippen LogP contribution in [-0.2, 0) is 9.59 Å². The van der Waals surface area contributed by atoms with Crippen LogP contribution in [0.4, 0.5) is 16.2 Å². The molecule has 0 aliphatic carbocycles. The maximum atomic E-state index is 12.7. The number of carbonyl (C=O) groups excluding carboxylic acids is 3. The van der Waals surface area contributed by atoms with Gasteiger partial charge in [-0.15, -0.1) is 0 Å². The van der Waals surface area contributed by atoms with Crippen molar-refractivity contribution in [3.8, 4) is 0 Å². The van der Waals surface area contributed by atoms with Gasteiger partial charge in [0.05, 0.1) is 12.6 Å². The summed E-state index contributed by atoms with van der Waals surface area (Å²) in [6, 6.07) is 6.08. The Hall–Kier alpha value is -2.61. The fourth-order valence-corrected chi connectivity index (χ4v) is 3.73. The number of nitrogens with zero attached hydrogens (tertiary/aromatic N) is 4. The lowest BCUT2D eigenvalue weighted by Crippen LogP contribution is -2.46. The second kappa shape index (κ2) is 6.95. The third-order valence-electron chi connectivity index (χ3n) is 5.03. The minimum Gasteiger partial charge on any atom is -0.368 e. The van der Waals surface area contributed by atoms with Gasteiger partial charge in [0, 0.05) is 25.0 Å². The van der Waals surface area contributed by atoms with Crippen LogP contribution in [0.2, 0.25) is 0 Å². The highest BCUT2D eigenvalue weighted by Gasteiger charge is 2.51. The Bertz CT molecular complexity index is 718. The van der Waals surface area contributed by atoms with Crippen LogP contribution in [0, 0.1) is 0 Å². The molecule has 0 radical (unpaired) electrons. The molecule has 8 heteroatoms. The lowest BCUT2D eigenvalue weighted by atomic mass is 10.1. The molecule has 1 aromatic rings. The molecule has 2 N–H and O–H groups in total. The average Bonchev–Trinajstić information content (AvgIpc) is 3.15. The molecule has 8 nitrogen and oxygen atoms in total. The number of hydrogen-bond donors (Lipinski definition) is 1. The van der Waals surface area contributed by atoms with Crippen molar-refractivity contribution in [3.05, 3.63) is 24.3 Å². The fraction of sp³-hybridized carbons (Fsp3) is 0.500. The molecule has 2 atom stereocenters. The second-order valence-corrected chi connectivity index (χ2v) is 7.11. The molecule has 2 saturated heterocycles. The van der Waals surface area contributed by atoms with E-state index in [1.807, 2.05) is 14.1 Å². The molecule has 1 unspecified atom stereocenters. The standard InChI is InChI=1S/C18H25N5O3/c1-20(2)11-15(24)21(3)12-6-8-13(9-7-12)23-16(17(19)25)14-5-4-10-22(14)18(23)26/h6-9,14,16H,4-5,10-11H2,1-3H3,(H2,19,25)/t14-,16?/m1/s1. The zero-order valence-electron chi connectivity index (χ0n) is 15.4. The molecular formula is C18H25N5O3. The number of likely N-dealkylation sites (N-methyl/N-ethyl adjacent to an activating group) is 2. The summed E-state index contributed by atoms with van der Waals surface area (Å²) in [5.74, 6) is -0.522. The highest BCUT2D eigenvalue weighted by molar-refractivity contribution is 6.04. The highest BCUT2D eigenvalue weighted by atomic mass is 16.2. The van der Waals surface area contributed by atoms with Crippen molar-refractivity contribution >= 4 is 29.2 Å². The summed E-state index contributed by atoms with van der Waals surface area (Å²) in [5, 5.41) is 0. The number of hydrogen-bond acceptors (Lipinski definition) is 4. The first-order chi connectivity index (χ1) is 12.3. The van der Waals surface area contributed by atoms with Gasteiger partial charge in [-0.25, -0.2) is 4.79 Å². The van der Waals surface area contributed by atoms with E-state index in [4.69, 9.17) is 5.73 Å². The van der Waals surface area contributed by atoms with Gasteiger partial charge in [-0.05, 0) is 51.2 Å². The van der Waals surface area contributed by atoms with Crippen LogP contribution in [0.25, 0.3) is 0 Å². The SMILES string of the molecule is CN(C)CC(=O)N(C)c1ccc(N2C(=O)N3CCC[C@@H]3C2C(N)=O)cc1. The molecule has 26 heavy (non-hydrogen) atoms. The summed E-state index contributed by atoms with van der Waals surface area (Å²) in [6.45, 7) is 0.965. The molecule has 0 saturated carbocycles. The number of benzene rings is 1. The van der Waals surface area contributed by atoms with Crippen LogP contribution >= 0.6 is 0 Å². The summed E-state index contributed by atoms with van der Waals surface area (Å²) in [5.41, 5.74) is 6.93. The first kappa shape index (κ1) is 18.2. The van der Waals surface area contributed by atoms with E-state index >= 15 is 0 Å². The number of primary amides is 1. The van der Waals surface area contributed by atoms with E-state index in [1.54, 1.807) is 46.0 Å². The topological polar surface area (TPSA) is 90.2 Å². The zero-order chi connectivity index (χ0) is 19.0. The maximum Gasteiger partial charge on any atom is 0.325 e. The van der Waals surface area contributed by atoms with E-state index in [2.05, 4.69) is 0 Å². The van der Waals surface area contributed by atoms with E-state index in [-0.39, 0.29) is 18.0 Å². The molecule has 2 aliphatic rings. The van der Waals surface area contributed by atoms with Gasteiger partial charge < -0.3 is 20.4 Å². The van der Waals surface area contributed by atoms with Crippen LogP contribution < -0.4 is 15.5 Å². The van der Waals surface area contributed by atoms with Crippen molar-refractivity contribution in [2.75, 3.05) is 44.0 Å². The van der Waals surface area contributed by atoms with Gasteiger partial charge >= 0.3 is 6.03 Å². The minimum absolute atomic E-state index is 0.0318. The third kappa shape index (κ3) is 3.12. The van der Waals surface area contributed by atoms with Gasteiger partial charge in [0.2, 0.25) is 11.8 Å². The summed E-state index contributed by atoms with van der Waals surface area (Å²) in [6.07, 6.45) is 1.68. The highest BCUT2D eigenvalue weighted by Crippen LogP contribution is 2.35. The Kier molecular flexibility index (Phi) is 4.86. The molecule has 4 amide bonds. The Morgan fingerprint density at radius 3 is 2.42 bits per heavy atom. The molecule has 0 spiro atoms. The summed E-state index contributed by atoms with van der Waals surface area (Å²) >= 11 is 0. The Labute approximate surface area is 153 Å². The number of amides is 4. The maximum absolute atomic E-state index is 12.7. The largest absolute Gasteiger partial charge is 0.368 e. The van der Waals surface area contributed by atoms with Crippen LogP contribution in [0.1, 0.15) is 12.8 Å². The first-order valence-electron chi connectivity index (χ1n) is 8.71. The molecule has 0 bridgehead atoms. The monoisotopic (exact) mass is 359 g/mol. The van der Waals surface area contributed by atoms with Gasteiger partial charge in [-0.1, -0.05) is 0 Å². The molecule has 1 aromatic carbocycles. The fourth-order valence-electron chi connectivity index (χ4n) is 3.73. The predicted molar refractivity (Wildman–Crippen MR) is 99.0 cm³/mol. The van der Waals surface area contributed by atoms with Gasteiger partial charge in [0.1, 0.15) is 6.04 Å². The number of carbonyl (C=O) groups is 3. The van der Waals surface area contributed by atoms with E-state index in [9.17, 15) is 14.4 Å². The normalized spacial score (nSPS) is 22.1. The van der Waals surface area contributed by atoms with Crippen LogP contribution in [0.3, 0.4) is 0 Å². The molecule has 2 aliphatic heterocycles. The second-order valence-electron chi connectivity index (χ2n) is 7.11. The first-order valence-corrected chi connectivity index (χ1v) is 8.71. The van der Waals surface area contributed by atoms with Crippen LogP contribution in [0.15, 0.2) is 24.3 Å². The van der Waals surface area contributed by atoms with Crippen molar-refractivity contribution in [2.45, 2.75) is 24.9 Å². The summed E-state index contributed by atoms with van der Waals surface area (Å²) < 4.78 is 0. The Balaban J connectivity index is 1.82. The summed E-state index contributed by atoms with van der Waals surface area (Å²) in [4.78, 5) is 43.5. The van der Waals surface area contributed by atoms with Crippen molar-refractivity contribution < 1.29 is 14.4 Å². The quantitative estimate of drug-likeness (QED) is 0.827. The van der Waals surface area contributed by atoms with E-state index in [1.165, 1.54) is 4.90 Å². The van der Waals surface area contributed by atoms with Gasteiger partial charge in [0.15, 0.2) is 0 Å². The predicted octanol–water partition coefficient (Wildman–Crippen LogP) is 0.469. The van der Waals surface area contributed by atoms with Crippen LogP contribution in [-0.4, -0.2) is 74.0 Å². The number of urea groups is 1. The summed E-state index contributed by atoms with van der Waals surface area (Å²) in [7, 11) is 5.39. The smallest absolute Gasteiger partial charge is 0.325 e. The molecule has 140 valence electrons. The molecule has 0 aromatic heterocycles. The average molecular weight is 359 g/mol. The lowest BCUT2D eigenvalue weighted by Gasteiger charge is -2.24. The Morgan fingerprint density at radius 1 is 1.19 bits per heavy atom. The number of nitrogens with two attached hydrogens (primary N) is 1. The molecule has 2 fully saturated rings. The van der Waals surface area contributed by atoms with E-state index in [0.29, 0.717) is 18.8 Å². The number of rotatable bonds is 5. The van der Waals surface area contributed by atoms with Crippen molar-refractivity contribution in [1.82, 2.24) is 9.80 Å². The zero-order valence-corrected chi connectivity index (χ0v) is 15.4. The third-order valence-corrected chi connectivity index (χ3v) is 5.03. The van der Waals surface area contributed by atoms with Gasteiger partial charge in [-0.2, -0.15) is 0 Å². The van der Waals surface area contributed by atoms with E-state index < -0.39 is 11.9 Å². The number of anilines is 2. The lowest BCUT2D eigenvalue weighted by molar-refractivity contribution is -0.120. The van der Waals surface area contributed by atoms with Gasteiger partial charge in [0.25, 0.3) is 0 Å². The van der Waals surface area contributed by atoms with Crippen molar-refractivity contribution in [1.29, 1.82) is 0 Å². The van der Waals surface area contributed by atoms with Gasteiger partial charge in [-0.3, -0.25) is 14.5 Å². The van der Waals surface area contributed by atoms with E-state index in [0.717, 1.165) is 18.5 Å². The Morgan fingerprint density at radius 2 is 1.85 bits per heavy atom. The molecule has 2 heterocycles. The van der Waals surface area contributed by atoms with Crippen molar-refractivity contribution in [2.24, 2.45) is 5.73 Å². The van der Waals surface area contributed by atoms with Crippen LogP contribution in [0.5, 0.6) is 0 Å².